The Balaban J connectivity index is 2.11. The predicted molar refractivity (Wildman–Crippen MR) is 71.4 cm³/mol. The smallest absolute Gasteiger partial charge is 0.213 e. The fourth-order valence-corrected chi connectivity index (χ4v) is 3.22. The van der Waals surface area contributed by atoms with Gasteiger partial charge in [0.05, 0.1) is 18.9 Å². The van der Waals surface area contributed by atoms with Crippen LogP contribution in [0.2, 0.25) is 0 Å². The summed E-state index contributed by atoms with van der Waals surface area (Å²) < 4.78 is 5.11. The molecule has 0 saturated heterocycles. The highest BCUT2D eigenvalue weighted by Gasteiger charge is 2.30. The SMILES string of the molecule is COc1cccc(C(O)C2CC(C)CC(C)C2)n1. The Hall–Kier alpha value is -1.09. The Morgan fingerprint density at radius 3 is 2.50 bits per heavy atom. The first kappa shape index (κ1) is 13.3. The lowest BCUT2D eigenvalue weighted by Crippen LogP contribution is -2.25. The van der Waals surface area contributed by atoms with Crippen LogP contribution in [0.4, 0.5) is 0 Å². The monoisotopic (exact) mass is 249 g/mol. The van der Waals surface area contributed by atoms with E-state index in [-0.39, 0.29) is 0 Å². The molecular weight excluding hydrogens is 226 g/mol. The molecule has 1 aliphatic rings. The quantitative estimate of drug-likeness (QED) is 0.894. The van der Waals surface area contributed by atoms with Crippen LogP contribution in [-0.4, -0.2) is 17.2 Å². The molecular formula is C15H23NO2. The third kappa shape index (κ3) is 3.02. The molecule has 1 N–H and O–H groups in total. The number of rotatable bonds is 3. The number of aliphatic hydroxyl groups is 1. The molecule has 1 aromatic rings. The summed E-state index contributed by atoms with van der Waals surface area (Å²) in [4.78, 5) is 4.34. The van der Waals surface area contributed by atoms with E-state index < -0.39 is 6.10 Å². The molecule has 1 aromatic heterocycles. The number of ether oxygens (including phenoxy) is 1. The Bertz CT molecular complexity index is 384. The summed E-state index contributed by atoms with van der Waals surface area (Å²) in [7, 11) is 1.60. The molecule has 0 bridgehead atoms. The Morgan fingerprint density at radius 2 is 1.89 bits per heavy atom. The van der Waals surface area contributed by atoms with Crippen molar-refractivity contribution in [1.82, 2.24) is 4.98 Å². The van der Waals surface area contributed by atoms with E-state index in [0.717, 1.165) is 18.5 Å². The van der Waals surface area contributed by atoms with E-state index in [0.29, 0.717) is 23.6 Å². The van der Waals surface area contributed by atoms with E-state index in [1.807, 2.05) is 18.2 Å². The van der Waals surface area contributed by atoms with Crippen LogP contribution in [0.15, 0.2) is 18.2 Å². The molecule has 0 amide bonds. The van der Waals surface area contributed by atoms with E-state index in [4.69, 9.17) is 4.74 Å². The molecule has 0 radical (unpaired) electrons. The van der Waals surface area contributed by atoms with E-state index in [1.165, 1.54) is 6.42 Å². The zero-order valence-corrected chi connectivity index (χ0v) is 11.5. The Morgan fingerprint density at radius 1 is 1.22 bits per heavy atom. The lowest BCUT2D eigenvalue weighted by molar-refractivity contribution is 0.0518. The summed E-state index contributed by atoms with van der Waals surface area (Å²) in [5.41, 5.74) is 0.737. The van der Waals surface area contributed by atoms with Crippen LogP contribution in [0, 0.1) is 17.8 Å². The maximum absolute atomic E-state index is 10.5. The van der Waals surface area contributed by atoms with Gasteiger partial charge in [0.15, 0.2) is 0 Å². The average Bonchev–Trinajstić information content (AvgIpc) is 2.37. The van der Waals surface area contributed by atoms with Crippen LogP contribution in [-0.2, 0) is 0 Å². The molecule has 0 aliphatic heterocycles. The molecule has 0 spiro atoms. The van der Waals surface area contributed by atoms with Crippen molar-refractivity contribution in [3.8, 4) is 5.88 Å². The van der Waals surface area contributed by atoms with Crippen molar-refractivity contribution in [2.24, 2.45) is 17.8 Å². The van der Waals surface area contributed by atoms with Crippen LogP contribution >= 0.6 is 0 Å². The fraction of sp³-hybridized carbons (Fsp3) is 0.667. The maximum atomic E-state index is 10.5. The number of aliphatic hydroxyl groups excluding tert-OH is 1. The normalized spacial score (nSPS) is 29.9. The molecule has 1 saturated carbocycles. The van der Waals surface area contributed by atoms with Crippen molar-refractivity contribution < 1.29 is 9.84 Å². The van der Waals surface area contributed by atoms with Gasteiger partial charge in [-0.1, -0.05) is 19.9 Å². The number of methoxy groups -OCH3 is 1. The average molecular weight is 249 g/mol. The van der Waals surface area contributed by atoms with Gasteiger partial charge < -0.3 is 9.84 Å². The summed E-state index contributed by atoms with van der Waals surface area (Å²) >= 11 is 0. The zero-order valence-electron chi connectivity index (χ0n) is 11.5. The van der Waals surface area contributed by atoms with Crippen molar-refractivity contribution in [2.75, 3.05) is 7.11 Å². The van der Waals surface area contributed by atoms with E-state index in [2.05, 4.69) is 18.8 Å². The summed E-state index contributed by atoms with van der Waals surface area (Å²) in [5, 5.41) is 10.5. The van der Waals surface area contributed by atoms with Crippen molar-refractivity contribution in [3.05, 3.63) is 23.9 Å². The summed E-state index contributed by atoms with van der Waals surface area (Å²) in [6.07, 6.45) is 2.98. The van der Waals surface area contributed by atoms with Gasteiger partial charge in [-0.25, -0.2) is 4.98 Å². The van der Waals surface area contributed by atoms with Gasteiger partial charge in [-0.2, -0.15) is 0 Å². The molecule has 100 valence electrons. The van der Waals surface area contributed by atoms with E-state index in [1.54, 1.807) is 7.11 Å². The molecule has 3 atom stereocenters. The number of hydrogen-bond donors (Lipinski definition) is 1. The van der Waals surface area contributed by atoms with Gasteiger partial charge in [0.2, 0.25) is 5.88 Å². The van der Waals surface area contributed by atoms with Gasteiger partial charge in [0.25, 0.3) is 0 Å². The molecule has 1 aliphatic carbocycles. The summed E-state index contributed by atoms with van der Waals surface area (Å²) in [5.74, 6) is 2.28. The van der Waals surface area contributed by atoms with Gasteiger partial charge in [-0.15, -0.1) is 0 Å². The van der Waals surface area contributed by atoms with Crippen LogP contribution < -0.4 is 4.74 Å². The third-order valence-electron chi connectivity index (χ3n) is 3.92. The number of aromatic nitrogens is 1. The molecule has 3 unspecified atom stereocenters. The second-order valence-electron chi connectivity index (χ2n) is 5.73. The van der Waals surface area contributed by atoms with Gasteiger partial charge in [0, 0.05) is 6.07 Å². The largest absolute Gasteiger partial charge is 0.481 e. The van der Waals surface area contributed by atoms with Gasteiger partial charge in [-0.05, 0) is 43.1 Å². The number of nitrogens with zero attached hydrogens (tertiary/aromatic N) is 1. The first-order valence-corrected chi connectivity index (χ1v) is 6.79. The van der Waals surface area contributed by atoms with Crippen LogP contribution in [0.1, 0.15) is 44.9 Å². The zero-order chi connectivity index (χ0) is 13.1. The van der Waals surface area contributed by atoms with Gasteiger partial charge in [0.1, 0.15) is 0 Å². The number of hydrogen-bond acceptors (Lipinski definition) is 3. The molecule has 3 heteroatoms. The van der Waals surface area contributed by atoms with Gasteiger partial charge in [-0.3, -0.25) is 0 Å². The van der Waals surface area contributed by atoms with Crippen molar-refractivity contribution >= 4 is 0 Å². The Labute approximate surface area is 109 Å². The standard InChI is InChI=1S/C15H23NO2/c1-10-7-11(2)9-12(8-10)15(17)13-5-4-6-14(16-13)18-3/h4-6,10-12,15,17H,7-9H2,1-3H3. The summed E-state index contributed by atoms with van der Waals surface area (Å²) in [6, 6.07) is 5.58. The predicted octanol–water partition coefficient (Wildman–Crippen LogP) is 3.20. The highest BCUT2D eigenvalue weighted by Crippen LogP contribution is 2.39. The third-order valence-corrected chi connectivity index (χ3v) is 3.92. The molecule has 18 heavy (non-hydrogen) atoms. The van der Waals surface area contributed by atoms with E-state index >= 15 is 0 Å². The first-order valence-electron chi connectivity index (χ1n) is 6.79. The minimum atomic E-state index is -0.467. The fourth-order valence-electron chi connectivity index (χ4n) is 3.22. The molecule has 1 heterocycles. The van der Waals surface area contributed by atoms with Crippen LogP contribution in [0.5, 0.6) is 5.88 Å². The Kier molecular flexibility index (Phi) is 4.23. The first-order chi connectivity index (χ1) is 8.60. The maximum Gasteiger partial charge on any atom is 0.213 e. The minimum Gasteiger partial charge on any atom is -0.481 e. The topological polar surface area (TPSA) is 42.4 Å². The molecule has 0 aromatic carbocycles. The van der Waals surface area contributed by atoms with Crippen LogP contribution in [0.25, 0.3) is 0 Å². The minimum absolute atomic E-state index is 0.323. The number of pyridine rings is 1. The summed E-state index contributed by atoms with van der Waals surface area (Å²) in [6.45, 7) is 4.54. The second-order valence-corrected chi connectivity index (χ2v) is 5.73. The lowest BCUT2D eigenvalue weighted by atomic mass is 9.74. The molecule has 3 nitrogen and oxygen atoms in total. The van der Waals surface area contributed by atoms with Crippen molar-refractivity contribution in [2.45, 2.75) is 39.2 Å². The van der Waals surface area contributed by atoms with Crippen LogP contribution in [0.3, 0.4) is 0 Å². The van der Waals surface area contributed by atoms with Crippen molar-refractivity contribution in [3.63, 3.8) is 0 Å². The second kappa shape index (κ2) is 5.70. The molecule has 2 rings (SSSR count). The highest BCUT2D eigenvalue weighted by molar-refractivity contribution is 5.17. The lowest BCUT2D eigenvalue weighted by Gasteiger charge is -2.34. The van der Waals surface area contributed by atoms with Crippen molar-refractivity contribution in [1.29, 1.82) is 0 Å². The highest BCUT2D eigenvalue weighted by atomic mass is 16.5. The molecule has 1 fully saturated rings. The van der Waals surface area contributed by atoms with E-state index in [9.17, 15) is 5.11 Å². The van der Waals surface area contributed by atoms with Gasteiger partial charge >= 0.3 is 0 Å².